The van der Waals surface area contributed by atoms with Crippen LogP contribution in [0.25, 0.3) is 16.7 Å². The smallest absolute Gasteiger partial charge is 0.167 e. The van der Waals surface area contributed by atoms with Crippen molar-refractivity contribution in [3.63, 3.8) is 0 Å². The minimum absolute atomic E-state index is 0.119. The van der Waals surface area contributed by atoms with Crippen molar-refractivity contribution in [2.45, 2.75) is 45.4 Å². The second-order valence-electron chi connectivity index (χ2n) is 8.20. The molecule has 5 rings (SSSR count). The number of rotatable bonds is 3. The molecule has 2 bridgehead atoms. The molecule has 3 aliphatic rings. The predicted molar refractivity (Wildman–Crippen MR) is 116 cm³/mol. The lowest BCUT2D eigenvalue weighted by Gasteiger charge is -2.25. The molecule has 29 heavy (non-hydrogen) atoms. The number of halogens is 1. The third kappa shape index (κ3) is 4.02. The van der Waals surface area contributed by atoms with Crippen LogP contribution in [0.2, 0.25) is 5.02 Å². The molecule has 0 aliphatic heterocycles. The van der Waals surface area contributed by atoms with Gasteiger partial charge in [0.05, 0.1) is 5.57 Å². The Labute approximate surface area is 176 Å². The maximum atomic E-state index is 13.2. The predicted octanol–water partition coefficient (Wildman–Crippen LogP) is 6.19. The van der Waals surface area contributed by atoms with Gasteiger partial charge < -0.3 is 5.11 Å². The third-order valence-corrected chi connectivity index (χ3v) is 6.54. The molecular weight excluding hydrogens is 384 g/mol. The Hall–Kier alpha value is -2.39. The summed E-state index contributed by atoms with van der Waals surface area (Å²) in [4.78, 5) is 25.6. The van der Waals surface area contributed by atoms with Gasteiger partial charge in [-0.15, -0.1) is 0 Å². The van der Waals surface area contributed by atoms with Crippen LogP contribution in [0.1, 0.15) is 50.2 Å². The number of hydrogen-bond acceptors (Lipinski definition) is 3. The van der Waals surface area contributed by atoms with Crippen molar-refractivity contribution < 1.29 is 14.7 Å². The fourth-order valence-electron chi connectivity index (χ4n) is 4.65. The molecule has 0 radical (unpaired) electrons. The van der Waals surface area contributed by atoms with Gasteiger partial charge in [0.2, 0.25) is 0 Å². The molecule has 2 aromatic rings. The van der Waals surface area contributed by atoms with Crippen LogP contribution in [-0.4, -0.2) is 16.7 Å². The fourth-order valence-corrected chi connectivity index (χ4v) is 4.77. The number of fused-ring (bicyclic) bond motifs is 5. The first-order valence-electron chi connectivity index (χ1n) is 10.3. The number of carbonyl (C=O) groups excluding carboxylic acids is 2. The quantitative estimate of drug-likeness (QED) is 0.659. The molecule has 0 saturated heterocycles. The summed E-state index contributed by atoms with van der Waals surface area (Å²) in [6, 6.07) is 13.6. The first kappa shape index (κ1) is 19.9. The van der Waals surface area contributed by atoms with Gasteiger partial charge >= 0.3 is 0 Å². The summed E-state index contributed by atoms with van der Waals surface area (Å²) in [6.45, 7) is 2.05. The van der Waals surface area contributed by atoms with Crippen LogP contribution in [0.4, 0.5) is 0 Å². The van der Waals surface area contributed by atoms with Crippen molar-refractivity contribution in [2.75, 3.05) is 0 Å². The van der Waals surface area contributed by atoms with E-state index in [-0.39, 0.29) is 35.6 Å². The fraction of sp³-hybridized carbons (Fsp3) is 0.360. The lowest BCUT2D eigenvalue weighted by Crippen LogP contribution is -2.25. The van der Waals surface area contributed by atoms with Gasteiger partial charge in [-0.25, -0.2) is 0 Å². The van der Waals surface area contributed by atoms with E-state index in [9.17, 15) is 14.7 Å². The van der Waals surface area contributed by atoms with Crippen LogP contribution in [0.15, 0.2) is 48.2 Å². The highest BCUT2D eigenvalue weighted by Crippen LogP contribution is 2.39. The molecule has 0 spiro atoms. The number of allylic oxidation sites excluding steroid dienone is 2. The van der Waals surface area contributed by atoms with Crippen molar-refractivity contribution >= 4 is 28.7 Å². The number of hydrogen-bond donors (Lipinski definition) is 1. The summed E-state index contributed by atoms with van der Waals surface area (Å²) in [7, 11) is 0. The van der Waals surface area contributed by atoms with E-state index >= 15 is 0 Å². The number of benzene rings is 2. The monoisotopic (exact) mass is 408 g/mol. The summed E-state index contributed by atoms with van der Waals surface area (Å²) in [5, 5.41) is 11.6. The van der Waals surface area contributed by atoms with E-state index in [4.69, 9.17) is 11.6 Å². The lowest BCUT2D eigenvalue weighted by molar-refractivity contribution is -0.128. The molecule has 4 heteroatoms. The molecule has 0 amide bonds. The largest absolute Gasteiger partial charge is 0.512 e. The lowest BCUT2D eigenvalue weighted by atomic mass is 9.78. The Bertz CT molecular complexity index is 988. The van der Waals surface area contributed by atoms with Crippen LogP contribution < -0.4 is 0 Å². The first-order valence-corrected chi connectivity index (χ1v) is 10.7. The second kappa shape index (κ2) is 8.16. The molecule has 0 heterocycles. The molecule has 150 valence electrons. The van der Waals surface area contributed by atoms with Crippen LogP contribution in [0, 0.1) is 11.8 Å². The summed E-state index contributed by atoms with van der Waals surface area (Å²) < 4.78 is 0. The maximum absolute atomic E-state index is 13.2. The van der Waals surface area contributed by atoms with Gasteiger partial charge in [-0.1, -0.05) is 42.8 Å². The molecule has 1 unspecified atom stereocenters. The molecule has 3 nitrogen and oxygen atoms in total. The first-order chi connectivity index (χ1) is 14.0. The zero-order valence-electron chi connectivity index (χ0n) is 16.6. The average molecular weight is 409 g/mol. The molecule has 1 fully saturated rings. The third-order valence-electron chi connectivity index (χ3n) is 6.29. The van der Waals surface area contributed by atoms with Gasteiger partial charge in [-0.3, -0.25) is 9.59 Å². The highest BCUT2D eigenvalue weighted by Gasteiger charge is 2.35. The number of ketones is 2. The molecule has 1 saturated carbocycles. The van der Waals surface area contributed by atoms with Crippen molar-refractivity contribution in [1.29, 1.82) is 0 Å². The van der Waals surface area contributed by atoms with Crippen LogP contribution in [0.5, 0.6) is 0 Å². The summed E-state index contributed by atoms with van der Waals surface area (Å²) in [6.07, 6.45) is 3.47. The minimum Gasteiger partial charge on any atom is -0.512 e. The van der Waals surface area contributed by atoms with Crippen molar-refractivity contribution in [1.82, 2.24) is 0 Å². The van der Waals surface area contributed by atoms with E-state index in [2.05, 4.69) is 0 Å². The standard InChI is InChI=1S/C25H25ClO3/c1-2-16-5-6-18(17-7-9-20(26)10-8-17)13-21(16)25-23(28)12-15-3-4-19(14-24(25)29)22(27)11-15/h5-10,13,15,19,28H,2-4,11-12,14H2,1H3/b25-23+/t15-,19?/m1/s1. The zero-order chi connectivity index (χ0) is 20.5. The van der Waals surface area contributed by atoms with Crippen molar-refractivity contribution in [2.24, 2.45) is 11.8 Å². The number of carbonyl (C=O) groups is 2. The van der Waals surface area contributed by atoms with Gasteiger partial charge in [-0.05, 0) is 65.6 Å². The maximum Gasteiger partial charge on any atom is 0.167 e. The SMILES string of the molecule is CCc1ccc(-c2ccc(Cl)cc2)cc1/C1=C(\O)C[C@@H]2CCC(CC1=O)C(=O)C2. The minimum atomic E-state index is -0.204. The van der Waals surface area contributed by atoms with Crippen molar-refractivity contribution in [3.8, 4) is 11.1 Å². The molecular formula is C25H25ClO3. The second-order valence-corrected chi connectivity index (χ2v) is 8.63. The van der Waals surface area contributed by atoms with E-state index in [0.717, 1.165) is 41.5 Å². The average Bonchev–Trinajstić information content (AvgIpc) is 2.78. The van der Waals surface area contributed by atoms with Gasteiger partial charge in [-0.2, -0.15) is 0 Å². The topological polar surface area (TPSA) is 54.4 Å². The highest BCUT2D eigenvalue weighted by atomic mass is 35.5. The van der Waals surface area contributed by atoms with Crippen LogP contribution in [-0.2, 0) is 16.0 Å². The number of aryl methyl sites for hydroxylation is 1. The van der Waals surface area contributed by atoms with E-state index in [1.54, 1.807) is 0 Å². The highest BCUT2D eigenvalue weighted by molar-refractivity contribution is 6.30. The van der Waals surface area contributed by atoms with Crippen LogP contribution in [0.3, 0.4) is 0 Å². The molecule has 0 aromatic heterocycles. The van der Waals surface area contributed by atoms with Crippen molar-refractivity contribution in [3.05, 3.63) is 64.4 Å². The summed E-state index contributed by atoms with van der Waals surface area (Å²) in [5.41, 5.74) is 4.20. The van der Waals surface area contributed by atoms with E-state index in [1.807, 2.05) is 49.4 Å². The molecule has 1 N–H and O–H groups in total. The van der Waals surface area contributed by atoms with E-state index in [0.29, 0.717) is 23.4 Å². The molecule has 2 aromatic carbocycles. The number of aliphatic hydroxyl groups excluding tert-OH is 1. The van der Waals surface area contributed by atoms with Gasteiger partial charge in [0.1, 0.15) is 11.5 Å². The summed E-state index contributed by atoms with van der Waals surface area (Å²) in [5.74, 6) is 0.118. The Morgan fingerprint density at radius 3 is 2.38 bits per heavy atom. The van der Waals surface area contributed by atoms with Gasteiger partial charge in [0.25, 0.3) is 0 Å². The van der Waals surface area contributed by atoms with Crippen LogP contribution >= 0.6 is 11.6 Å². The number of Topliss-reactive ketones (excluding diaryl/α,β-unsaturated/α-hetero) is 2. The zero-order valence-corrected chi connectivity index (χ0v) is 17.3. The Kier molecular flexibility index (Phi) is 5.60. The summed E-state index contributed by atoms with van der Waals surface area (Å²) >= 11 is 6.02. The Balaban J connectivity index is 1.82. The van der Waals surface area contributed by atoms with E-state index < -0.39 is 0 Å². The molecule has 3 aliphatic carbocycles. The molecule has 2 atom stereocenters. The normalized spacial score (nSPS) is 24.9. The Morgan fingerprint density at radius 1 is 0.966 bits per heavy atom. The van der Waals surface area contributed by atoms with Gasteiger partial charge in [0, 0.05) is 30.2 Å². The van der Waals surface area contributed by atoms with Gasteiger partial charge in [0.15, 0.2) is 5.78 Å². The Morgan fingerprint density at radius 2 is 1.69 bits per heavy atom. The number of aliphatic hydroxyl groups is 1. The van der Waals surface area contributed by atoms with E-state index in [1.165, 1.54) is 0 Å².